The van der Waals surface area contributed by atoms with Crippen LogP contribution >= 0.6 is 0 Å². The molecule has 11 nitrogen and oxygen atoms in total. The third kappa shape index (κ3) is 7.05. The van der Waals surface area contributed by atoms with E-state index < -0.39 is 17.8 Å². The van der Waals surface area contributed by atoms with Crippen LogP contribution in [0.15, 0.2) is 54.6 Å². The molecular formula is C35H42N4O7. The first-order valence-electron chi connectivity index (χ1n) is 15.0. The van der Waals surface area contributed by atoms with E-state index in [1.165, 1.54) is 28.4 Å². The number of nitrogens with one attached hydrogen (secondary N) is 1. The molecule has 0 spiro atoms. The average Bonchev–Trinajstić information content (AvgIpc) is 3.05. The van der Waals surface area contributed by atoms with E-state index in [1.807, 2.05) is 71.0 Å². The number of hydrogen-bond acceptors (Lipinski definition) is 9. The quantitative estimate of drug-likeness (QED) is 0.173. The van der Waals surface area contributed by atoms with Gasteiger partial charge in [-0.25, -0.2) is 14.8 Å². The highest BCUT2D eigenvalue weighted by Crippen LogP contribution is 2.49. The number of pyridine rings is 2. The number of carbonyl (C=O) groups is 2. The summed E-state index contributed by atoms with van der Waals surface area (Å²) in [5.74, 6) is 0.395. The summed E-state index contributed by atoms with van der Waals surface area (Å²) in [7, 11) is 5.98. The second-order valence-electron chi connectivity index (χ2n) is 11.4. The topological polar surface area (TPSA) is 121 Å². The van der Waals surface area contributed by atoms with Crippen molar-refractivity contribution in [2.45, 2.75) is 40.9 Å². The first-order valence-corrected chi connectivity index (χ1v) is 15.0. The maximum Gasteiger partial charge on any atom is 0.415 e. The van der Waals surface area contributed by atoms with Crippen molar-refractivity contribution in [3.8, 4) is 39.8 Å². The highest BCUT2D eigenvalue weighted by atomic mass is 16.7. The van der Waals surface area contributed by atoms with E-state index in [-0.39, 0.29) is 17.4 Å². The second-order valence-corrected chi connectivity index (χ2v) is 11.4. The number of carbonyl (C=O) groups excluding carboxylic acids is 2. The number of hydrogen-bond donors (Lipinski definition) is 1. The molecule has 46 heavy (non-hydrogen) atoms. The number of para-hydroxylation sites is 1. The van der Waals surface area contributed by atoms with E-state index in [2.05, 4.69) is 5.32 Å². The Bertz CT molecular complexity index is 1710. The van der Waals surface area contributed by atoms with Crippen LogP contribution in [0, 0.1) is 5.41 Å². The van der Waals surface area contributed by atoms with Crippen LogP contribution in [0.5, 0.6) is 17.2 Å². The number of aromatic nitrogens is 2. The zero-order chi connectivity index (χ0) is 33.6. The minimum absolute atomic E-state index is 0.103. The SMILES string of the molecule is CCN(CC)C(=O)Oc1c(-c2cc(C(OC)OC)nc(-c3ccc4ccccc4n3)c2NC(=O)C(C)(C)C)ccc(OC)c1OC. The van der Waals surface area contributed by atoms with Crippen LogP contribution in [0.4, 0.5) is 10.5 Å². The number of methoxy groups -OCH3 is 4. The number of fused-ring (bicyclic) bond motifs is 1. The van der Waals surface area contributed by atoms with Crippen molar-refractivity contribution < 1.29 is 33.3 Å². The first-order chi connectivity index (χ1) is 22.0. The molecule has 0 atom stereocenters. The number of anilines is 1. The Labute approximate surface area is 269 Å². The smallest absolute Gasteiger partial charge is 0.415 e. The van der Waals surface area contributed by atoms with Crippen molar-refractivity contribution in [2.24, 2.45) is 5.41 Å². The average molecular weight is 631 g/mol. The minimum Gasteiger partial charge on any atom is -0.493 e. The molecule has 1 N–H and O–H groups in total. The third-order valence-corrected chi connectivity index (χ3v) is 7.47. The van der Waals surface area contributed by atoms with Crippen molar-refractivity contribution in [1.29, 1.82) is 0 Å². The predicted octanol–water partition coefficient (Wildman–Crippen LogP) is 7.10. The fourth-order valence-electron chi connectivity index (χ4n) is 4.89. The molecule has 4 rings (SSSR count). The van der Waals surface area contributed by atoms with E-state index >= 15 is 0 Å². The zero-order valence-electron chi connectivity index (χ0n) is 27.9. The summed E-state index contributed by atoms with van der Waals surface area (Å²) in [6, 6.07) is 16.7. The lowest BCUT2D eigenvalue weighted by atomic mass is 9.94. The molecule has 11 heteroatoms. The molecule has 2 aromatic heterocycles. The Balaban J connectivity index is 2.13. The van der Waals surface area contributed by atoms with Gasteiger partial charge in [0.1, 0.15) is 5.69 Å². The van der Waals surface area contributed by atoms with Crippen LogP contribution in [-0.4, -0.2) is 68.4 Å². The molecule has 0 fully saturated rings. The summed E-state index contributed by atoms with van der Waals surface area (Å²) >= 11 is 0. The van der Waals surface area contributed by atoms with Crippen LogP contribution < -0.4 is 19.5 Å². The molecule has 0 aliphatic heterocycles. The van der Waals surface area contributed by atoms with Gasteiger partial charge in [-0.3, -0.25) is 4.79 Å². The first kappa shape index (κ1) is 34.1. The number of ether oxygens (including phenoxy) is 5. The zero-order valence-corrected chi connectivity index (χ0v) is 27.9. The lowest BCUT2D eigenvalue weighted by Crippen LogP contribution is -2.33. The predicted molar refractivity (Wildman–Crippen MR) is 177 cm³/mol. The second kappa shape index (κ2) is 14.6. The van der Waals surface area contributed by atoms with Crippen molar-refractivity contribution >= 4 is 28.6 Å². The van der Waals surface area contributed by atoms with Gasteiger partial charge in [0.15, 0.2) is 11.5 Å². The molecule has 4 aromatic rings. The molecule has 2 aromatic carbocycles. The maximum atomic E-state index is 13.7. The summed E-state index contributed by atoms with van der Waals surface area (Å²) in [5.41, 5.74) is 2.50. The van der Waals surface area contributed by atoms with Gasteiger partial charge in [-0.2, -0.15) is 0 Å². The molecular weight excluding hydrogens is 588 g/mol. The standard InChI is InChI=1S/C35H42N4O7/c1-10-39(11-2)34(41)46-30-22(17-19-27(42-6)31(30)43-7)23-20-26(32(44-8)45-9)37-29(28(23)38-33(40)35(3,4)5)25-18-16-21-14-12-13-15-24(21)36-25/h12-20,32H,10-11H2,1-9H3,(H,38,40). The maximum absolute atomic E-state index is 13.7. The van der Waals surface area contributed by atoms with Crippen LogP contribution in [0.3, 0.4) is 0 Å². The molecule has 0 unspecified atom stereocenters. The molecule has 2 heterocycles. The highest BCUT2D eigenvalue weighted by Gasteiger charge is 2.30. The lowest BCUT2D eigenvalue weighted by molar-refractivity contribution is -0.123. The van der Waals surface area contributed by atoms with Gasteiger partial charge < -0.3 is 33.9 Å². The molecule has 0 saturated heterocycles. The van der Waals surface area contributed by atoms with E-state index in [0.717, 1.165) is 10.9 Å². The van der Waals surface area contributed by atoms with Crippen LogP contribution in [0.1, 0.15) is 46.6 Å². The molecule has 244 valence electrons. The van der Waals surface area contributed by atoms with Crippen molar-refractivity contribution in [2.75, 3.05) is 46.8 Å². The van der Waals surface area contributed by atoms with Gasteiger partial charge in [0.2, 0.25) is 17.9 Å². The van der Waals surface area contributed by atoms with Gasteiger partial charge in [0, 0.05) is 49.2 Å². The summed E-state index contributed by atoms with van der Waals surface area (Å²) in [5, 5.41) is 4.06. The Morgan fingerprint density at radius 1 is 0.848 bits per heavy atom. The minimum atomic E-state index is -0.868. The fourth-order valence-corrected chi connectivity index (χ4v) is 4.89. The van der Waals surface area contributed by atoms with Crippen LogP contribution in [0.2, 0.25) is 0 Å². The van der Waals surface area contributed by atoms with Gasteiger partial charge in [-0.05, 0) is 44.2 Å². The van der Waals surface area contributed by atoms with Crippen molar-refractivity contribution in [1.82, 2.24) is 14.9 Å². The number of benzene rings is 2. The molecule has 0 aliphatic carbocycles. The van der Waals surface area contributed by atoms with E-state index in [9.17, 15) is 9.59 Å². The summed E-state index contributed by atoms with van der Waals surface area (Å²) in [6.07, 6.45) is -1.44. The highest BCUT2D eigenvalue weighted by molar-refractivity contribution is 6.03. The largest absolute Gasteiger partial charge is 0.493 e. The molecule has 2 amide bonds. The van der Waals surface area contributed by atoms with Crippen molar-refractivity contribution in [3.05, 3.63) is 60.3 Å². The third-order valence-electron chi connectivity index (χ3n) is 7.47. The van der Waals surface area contributed by atoms with Gasteiger partial charge in [-0.15, -0.1) is 0 Å². The van der Waals surface area contributed by atoms with Gasteiger partial charge >= 0.3 is 6.09 Å². The van der Waals surface area contributed by atoms with E-state index in [0.29, 0.717) is 52.7 Å². The van der Waals surface area contributed by atoms with Crippen LogP contribution in [-0.2, 0) is 14.3 Å². The van der Waals surface area contributed by atoms with Gasteiger partial charge in [0.05, 0.1) is 36.8 Å². The number of amides is 2. The fraction of sp³-hybridized carbons (Fsp3) is 0.371. The van der Waals surface area contributed by atoms with Gasteiger partial charge in [-0.1, -0.05) is 45.0 Å². The normalized spacial score (nSPS) is 11.4. The monoisotopic (exact) mass is 630 g/mol. The molecule has 0 radical (unpaired) electrons. The lowest BCUT2D eigenvalue weighted by Gasteiger charge is -2.25. The summed E-state index contributed by atoms with van der Waals surface area (Å²) in [6.45, 7) is 10.0. The molecule has 0 saturated carbocycles. The Morgan fingerprint density at radius 3 is 2.15 bits per heavy atom. The Morgan fingerprint density at radius 2 is 1.54 bits per heavy atom. The van der Waals surface area contributed by atoms with E-state index in [4.69, 9.17) is 33.7 Å². The van der Waals surface area contributed by atoms with Crippen molar-refractivity contribution in [3.63, 3.8) is 0 Å². The number of rotatable bonds is 11. The van der Waals surface area contributed by atoms with E-state index in [1.54, 1.807) is 23.1 Å². The van der Waals surface area contributed by atoms with Gasteiger partial charge in [0.25, 0.3) is 0 Å². The number of nitrogens with zero attached hydrogens (tertiary/aromatic N) is 3. The summed E-state index contributed by atoms with van der Waals surface area (Å²) < 4.78 is 28.6. The molecule has 0 bridgehead atoms. The summed E-state index contributed by atoms with van der Waals surface area (Å²) in [4.78, 5) is 38.4. The Hall–Kier alpha value is -4.74. The van der Waals surface area contributed by atoms with Crippen LogP contribution in [0.25, 0.3) is 33.4 Å². The Kier molecular flexibility index (Phi) is 10.8. The molecule has 0 aliphatic rings.